The van der Waals surface area contributed by atoms with Crippen LogP contribution in [-0.2, 0) is 10.5 Å². The van der Waals surface area contributed by atoms with E-state index in [1.54, 1.807) is 31.5 Å². The van der Waals surface area contributed by atoms with Crippen molar-refractivity contribution in [3.8, 4) is 29.0 Å². The summed E-state index contributed by atoms with van der Waals surface area (Å²) >= 11 is 1.51. The summed E-state index contributed by atoms with van der Waals surface area (Å²) < 4.78 is 0. The number of aromatic amines is 1. The molecule has 156 valence electrons. The Morgan fingerprint density at radius 3 is 2.61 bits per heavy atom. The van der Waals surface area contributed by atoms with Crippen LogP contribution in [0.5, 0.6) is 0 Å². The van der Waals surface area contributed by atoms with Gasteiger partial charge < -0.3 is 15.6 Å². The molecule has 1 aromatic carbocycles. The molecule has 2 heterocycles. The fourth-order valence-corrected chi connectivity index (χ4v) is 3.88. The highest BCUT2D eigenvalue weighted by atomic mass is 32.2. The summed E-state index contributed by atoms with van der Waals surface area (Å²) in [4.78, 5) is 22.9. The van der Waals surface area contributed by atoms with E-state index in [-0.39, 0.29) is 6.04 Å². The highest BCUT2D eigenvalue weighted by Gasteiger charge is 2.21. The molecule has 31 heavy (non-hydrogen) atoms. The summed E-state index contributed by atoms with van der Waals surface area (Å²) in [6, 6.07) is 9.72. The Labute approximate surface area is 185 Å². The van der Waals surface area contributed by atoms with Crippen LogP contribution in [0.15, 0.2) is 41.7 Å². The number of pyridine rings is 1. The number of hydrogen-bond donors (Lipinski definition) is 3. The van der Waals surface area contributed by atoms with E-state index in [0.717, 1.165) is 22.0 Å². The second-order valence-corrected chi connectivity index (χ2v) is 7.80. The van der Waals surface area contributed by atoms with E-state index in [1.807, 2.05) is 26.0 Å². The Hall–Kier alpha value is -3.75. The zero-order chi connectivity index (χ0) is 22.2. The molecule has 3 N–H and O–H groups in total. The van der Waals surface area contributed by atoms with E-state index < -0.39 is 0 Å². The molecule has 0 saturated carbocycles. The van der Waals surface area contributed by atoms with Crippen LogP contribution in [0.3, 0.4) is 0 Å². The van der Waals surface area contributed by atoms with E-state index >= 15 is 0 Å². The van der Waals surface area contributed by atoms with Crippen LogP contribution >= 0.6 is 11.8 Å². The van der Waals surface area contributed by atoms with Crippen LogP contribution < -0.4 is 10.6 Å². The third kappa shape index (κ3) is 5.25. The van der Waals surface area contributed by atoms with Gasteiger partial charge in [-0.3, -0.25) is 4.79 Å². The van der Waals surface area contributed by atoms with E-state index in [0.29, 0.717) is 34.8 Å². The molecule has 0 spiro atoms. The van der Waals surface area contributed by atoms with Crippen molar-refractivity contribution in [2.75, 3.05) is 10.6 Å². The van der Waals surface area contributed by atoms with E-state index in [9.17, 15) is 10.1 Å². The fourth-order valence-electron chi connectivity index (χ4n) is 3.00. The van der Waals surface area contributed by atoms with Gasteiger partial charge in [-0.2, -0.15) is 5.26 Å². The normalized spacial score (nSPS) is 10.2. The monoisotopic (exact) mass is 430 g/mol. The molecule has 8 heteroatoms. The maximum absolute atomic E-state index is 10.7. The van der Waals surface area contributed by atoms with Crippen LogP contribution in [0.1, 0.15) is 37.7 Å². The molecule has 1 amide bonds. The number of anilines is 2. The summed E-state index contributed by atoms with van der Waals surface area (Å²) in [7, 11) is 0. The standard InChI is InChI=1S/C23H22N6OS/c1-4-5-18-21(16-6-8-17(9-7-16)27-14-30)19(12-24)22(28-15(2)3)29-23(18)31-13-20-25-10-11-26-20/h6-11,14-15H,13H2,1-3H3,(H,25,26)(H,27,30)(H,28,29). The quantitative estimate of drug-likeness (QED) is 0.278. The zero-order valence-corrected chi connectivity index (χ0v) is 18.3. The predicted octanol–water partition coefficient (Wildman–Crippen LogP) is 4.40. The summed E-state index contributed by atoms with van der Waals surface area (Å²) in [5.74, 6) is 8.05. The number of nitriles is 1. The molecule has 0 aliphatic rings. The van der Waals surface area contributed by atoms with Gasteiger partial charge in [0.05, 0.1) is 11.3 Å². The molecule has 0 aliphatic heterocycles. The Kier molecular flexibility index (Phi) is 7.31. The lowest BCUT2D eigenvalue weighted by Gasteiger charge is -2.18. The number of benzene rings is 1. The number of thioether (sulfide) groups is 1. The first-order valence-corrected chi connectivity index (χ1v) is 10.6. The van der Waals surface area contributed by atoms with Crippen molar-refractivity contribution in [1.29, 1.82) is 5.26 Å². The van der Waals surface area contributed by atoms with E-state index in [1.165, 1.54) is 11.8 Å². The average Bonchev–Trinajstić information content (AvgIpc) is 3.27. The van der Waals surface area contributed by atoms with Crippen molar-refractivity contribution in [2.24, 2.45) is 0 Å². The largest absolute Gasteiger partial charge is 0.367 e. The van der Waals surface area contributed by atoms with Gasteiger partial charge in [-0.25, -0.2) is 9.97 Å². The molecule has 3 rings (SSSR count). The lowest BCUT2D eigenvalue weighted by Crippen LogP contribution is -2.14. The number of aromatic nitrogens is 3. The number of H-pyrrole nitrogens is 1. The Morgan fingerprint density at radius 2 is 2.03 bits per heavy atom. The summed E-state index contributed by atoms with van der Waals surface area (Å²) in [5, 5.41) is 16.7. The van der Waals surface area contributed by atoms with Gasteiger partial charge >= 0.3 is 0 Å². The lowest BCUT2D eigenvalue weighted by molar-refractivity contribution is -0.105. The number of rotatable bonds is 8. The van der Waals surface area contributed by atoms with Gasteiger partial charge in [0.25, 0.3) is 0 Å². The number of carbonyl (C=O) groups is 1. The molecule has 0 fully saturated rings. The molecule has 0 aliphatic carbocycles. The number of hydrogen-bond acceptors (Lipinski definition) is 6. The molecule has 7 nitrogen and oxygen atoms in total. The van der Waals surface area contributed by atoms with Gasteiger partial charge in [0.15, 0.2) is 0 Å². The maximum Gasteiger partial charge on any atom is 0.211 e. The van der Waals surface area contributed by atoms with Crippen molar-refractivity contribution in [2.45, 2.75) is 37.6 Å². The van der Waals surface area contributed by atoms with Gasteiger partial charge in [-0.05, 0) is 38.5 Å². The second-order valence-electron chi connectivity index (χ2n) is 6.84. The molecule has 2 aromatic heterocycles. The van der Waals surface area contributed by atoms with Gasteiger partial charge in [0.2, 0.25) is 6.41 Å². The summed E-state index contributed by atoms with van der Waals surface area (Å²) in [6.45, 7) is 5.75. The molecule has 0 unspecified atom stereocenters. The number of imidazole rings is 1. The molecular weight excluding hydrogens is 408 g/mol. The first-order chi connectivity index (χ1) is 15.1. The highest BCUT2D eigenvalue weighted by Crippen LogP contribution is 2.37. The van der Waals surface area contributed by atoms with E-state index in [4.69, 9.17) is 4.98 Å². The minimum atomic E-state index is 0.0950. The third-order valence-corrected chi connectivity index (χ3v) is 5.24. The predicted molar refractivity (Wildman–Crippen MR) is 124 cm³/mol. The summed E-state index contributed by atoms with van der Waals surface area (Å²) in [5.41, 5.74) is 3.34. The second kappa shape index (κ2) is 10.3. The zero-order valence-electron chi connectivity index (χ0n) is 17.5. The molecule has 0 atom stereocenters. The van der Waals surface area contributed by atoms with Crippen LogP contribution in [0.2, 0.25) is 0 Å². The summed E-state index contributed by atoms with van der Waals surface area (Å²) in [6.07, 6.45) is 4.12. The van der Waals surface area contributed by atoms with Crippen molar-refractivity contribution >= 4 is 29.7 Å². The minimum absolute atomic E-state index is 0.0950. The number of nitrogens with one attached hydrogen (secondary N) is 3. The highest BCUT2D eigenvalue weighted by molar-refractivity contribution is 7.98. The Bertz CT molecular complexity index is 1150. The van der Waals surface area contributed by atoms with Crippen LogP contribution in [0.4, 0.5) is 11.5 Å². The Balaban J connectivity index is 2.20. The van der Waals surface area contributed by atoms with Gasteiger partial charge in [-0.15, -0.1) is 5.92 Å². The fraction of sp³-hybridized carbons (Fsp3) is 0.217. The van der Waals surface area contributed by atoms with Crippen LogP contribution in [0.25, 0.3) is 11.1 Å². The third-order valence-electron chi connectivity index (χ3n) is 4.25. The average molecular weight is 431 g/mol. The molecular formula is C23H22N6OS. The van der Waals surface area contributed by atoms with E-state index in [2.05, 4.69) is 38.5 Å². The molecule has 0 saturated heterocycles. The van der Waals surface area contributed by atoms with Gasteiger partial charge in [0, 0.05) is 29.7 Å². The topological polar surface area (TPSA) is 106 Å². The van der Waals surface area contributed by atoms with Crippen molar-refractivity contribution in [1.82, 2.24) is 15.0 Å². The van der Waals surface area contributed by atoms with Crippen molar-refractivity contribution in [3.63, 3.8) is 0 Å². The minimum Gasteiger partial charge on any atom is -0.367 e. The van der Waals surface area contributed by atoms with Crippen LogP contribution in [0, 0.1) is 23.2 Å². The lowest BCUT2D eigenvalue weighted by atomic mass is 9.96. The van der Waals surface area contributed by atoms with Crippen molar-refractivity contribution in [3.05, 3.63) is 53.6 Å². The molecule has 3 aromatic rings. The number of nitrogens with zero attached hydrogens (tertiary/aromatic N) is 3. The van der Waals surface area contributed by atoms with Crippen LogP contribution in [-0.4, -0.2) is 27.4 Å². The SMILES string of the molecule is CC#Cc1c(SCc2ncc[nH]2)nc(NC(C)C)c(C#N)c1-c1ccc(NC=O)cc1. The smallest absolute Gasteiger partial charge is 0.211 e. The van der Waals surface area contributed by atoms with Gasteiger partial charge in [0.1, 0.15) is 28.3 Å². The first-order valence-electron chi connectivity index (χ1n) is 9.66. The first kappa shape index (κ1) is 21.9. The molecule has 0 bridgehead atoms. The number of amides is 1. The maximum atomic E-state index is 10.7. The number of carbonyl (C=O) groups excluding carboxylic acids is 1. The van der Waals surface area contributed by atoms with Gasteiger partial charge in [-0.1, -0.05) is 29.8 Å². The Morgan fingerprint density at radius 1 is 1.26 bits per heavy atom. The van der Waals surface area contributed by atoms with Crippen molar-refractivity contribution < 1.29 is 4.79 Å². The molecule has 0 radical (unpaired) electrons.